The number of fused-ring (bicyclic) bond motifs is 1. The van der Waals surface area contributed by atoms with E-state index in [9.17, 15) is 4.79 Å². The fraction of sp³-hybridized carbons (Fsp3) is 0.0741. The van der Waals surface area contributed by atoms with Crippen molar-refractivity contribution in [1.29, 1.82) is 0 Å². The van der Waals surface area contributed by atoms with Gasteiger partial charge >= 0.3 is 0 Å². The Morgan fingerprint density at radius 2 is 1.67 bits per heavy atom. The first-order chi connectivity index (χ1) is 17.5. The number of hydrogen-bond donors (Lipinski definition) is 2. The summed E-state index contributed by atoms with van der Waals surface area (Å²) in [4.78, 5) is 31.0. The predicted octanol–water partition coefficient (Wildman–Crippen LogP) is 4.57. The number of anilines is 4. The molecule has 5 rings (SSSR count). The highest BCUT2D eigenvalue weighted by atomic mass is 16.1. The van der Waals surface area contributed by atoms with Gasteiger partial charge in [0.15, 0.2) is 0 Å². The van der Waals surface area contributed by atoms with Crippen LogP contribution in [0.4, 0.5) is 23.1 Å². The van der Waals surface area contributed by atoms with E-state index >= 15 is 0 Å². The number of amides is 1. The minimum absolute atomic E-state index is 0.262. The van der Waals surface area contributed by atoms with E-state index in [0.29, 0.717) is 17.5 Å². The Hall–Kier alpha value is -5.05. The van der Waals surface area contributed by atoms with Crippen LogP contribution in [0.15, 0.2) is 86.0 Å². The lowest BCUT2D eigenvalue weighted by Gasteiger charge is -2.17. The lowest BCUT2D eigenvalue weighted by atomic mass is 9.98. The van der Waals surface area contributed by atoms with Gasteiger partial charge in [-0.05, 0) is 47.5 Å². The van der Waals surface area contributed by atoms with Crippen molar-refractivity contribution < 1.29 is 4.79 Å². The van der Waals surface area contributed by atoms with Crippen LogP contribution in [-0.2, 0) is 11.8 Å². The Balaban J connectivity index is 1.62. The molecular formula is C27H24N8O. The zero-order valence-electron chi connectivity index (χ0n) is 19.9. The van der Waals surface area contributed by atoms with Crippen molar-refractivity contribution in [3.05, 3.63) is 86.0 Å². The topological polar surface area (TPSA) is 115 Å². The molecule has 9 heteroatoms. The van der Waals surface area contributed by atoms with Crippen LogP contribution < -0.4 is 16.0 Å². The largest absolute Gasteiger partial charge is 0.383 e. The predicted molar refractivity (Wildman–Crippen MR) is 143 cm³/mol. The molecule has 0 saturated heterocycles. The molecule has 5 aromatic rings. The lowest BCUT2D eigenvalue weighted by Crippen LogP contribution is -2.12. The van der Waals surface area contributed by atoms with Crippen molar-refractivity contribution in [3.63, 3.8) is 0 Å². The van der Waals surface area contributed by atoms with E-state index in [1.807, 2.05) is 72.1 Å². The molecule has 3 heterocycles. The van der Waals surface area contributed by atoms with E-state index in [1.54, 1.807) is 18.5 Å². The first-order valence-electron chi connectivity index (χ1n) is 11.2. The van der Waals surface area contributed by atoms with Crippen LogP contribution in [0, 0.1) is 0 Å². The van der Waals surface area contributed by atoms with Gasteiger partial charge in [0.05, 0.1) is 11.1 Å². The molecule has 9 nitrogen and oxygen atoms in total. The van der Waals surface area contributed by atoms with Gasteiger partial charge in [-0.25, -0.2) is 19.9 Å². The molecule has 3 N–H and O–H groups in total. The Bertz CT molecular complexity index is 1560. The number of carbonyl (C=O) groups excluding carboxylic acids is 1. The molecule has 0 spiro atoms. The van der Waals surface area contributed by atoms with Gasteiger partial charge in [0.25, 0.3) is 0 Å². The van der Waals surface area contributed by atoms with E-state index in [4.69, 9.17) is 5.73 Å². The molecule has 0 atom stereocenters. The number of nitrogens with one attached hydrogen (secondary N) is 1. The zero-order chi connectivity index (χ0) is 25.2. The Morgan fingerprint density at radius 1 is 1.00 bits per heavy atom. The van der Waals surface area contributed by atoms with Crippen molar-refractivity contribution in [2.24, 2.45) is 7.05 Å². The molecule has 0 aliphatic carbocycles. The molecule has 0 aliphatic heterocycles. The van der Waals surface area contributed by atoms with Gasteiger partial charge < -0.3 is 20.5 Å². The van der Waals surface area contributed by atoms with Crippen LogP contribution in [0.2, 0.25) is 0 Å². The average molecular weight is 477 g/mol. The molecule has 0 radical (unpaired) electrons. The molecule has 36 heavy (non-hydrogen) atoms. The van der Waals surface area contributed by atoms with Crippen molar-refractivity contribution in [2.75, 3.05) is 23.0 Å². The number of aromatic nitrogens is 5. The van der Waals surface area contributed by atoms with E-state index < -0.39 is 0 Å². The van der Waals surface area contributed by atoms with Gasteiger partial charge in [0, 0.05) is 43.4 Å². The molecule has 178 valence electrons. The summed E-state index contributed by atoms with van der Waals surface area (Å²) in [5.74, 6) is 0.755. The third-order valence-electron chi connectivity index (χ3n) is 6.00. The molecule has 0 aliphatic rings. The number of carbonyl (C=O) groups is 1. The summed E-state index contributed by atoms with van der Waals surface area (Å²) in [5, 5.41) is 3.56. The second-order valence-electron chi connectivity index (χ2n) is 8.17. The highest BCUT2D eigenvalue weighted by Gasteiger charge is 2.22. The van der Waals surface area contributed by atoms with Gasteiger partial charge in [-0.3, -0.25) is 4.79 Å². The summed E-state index contributed by atoms with van der Waals surface area (Å²) in [7, 11) is 3.88. The number of benzene rings is 2. The summed E-state index contributed by atoms with van der Waals surface area (Å²) in [5.41, 5.74) is 12.5. The number of nitrogen functional groups attached to an aromatic ring is 1. The second kappa shape index (κ2) is 9.30. The quantitative estimate of drug-likeness (QED) is 0.345. The zero-order valence-corrected chi connectivity index (χ0v) is 19.9. The molecule has 0 saturated carbocycles. The molecular weight excluding hydrogens is 452 g/mol. The number of nitrogens with zero attached hydrogens (tertiary/aromatic N) is 6. The Labute approximate surface area is 208 Å². The van der Waals surface area contributed by atoms with Gasteiger partial charge in [0.1, 0.15) is 17.8 Å². The maximum absolute atomic E-state index is 11.7. The summed E-state index contributed by atoms with van der Waals surface area (Å²) in [6.45, 7) is 3.50. The highest BCUT2D eigenvalue weighted by molar-refractivity contribution is 6.08. The van der Waals surface area contributed by atoms with Crippen LogP contribution >= 0.6 is 0 Å². The first kappa shape index (κ1) is 22.7. The summed E-state index contributed by atoms with van der Waals surface area (Å²) < 4.78 is 2.01. The van der Waals surface area contributed by atoms with Gasteiger partial charge in [-0.1, -0.05) is 30.8 Å². The van der Waals surface area contributed by atoms with Crippen LogP contribution in [0.5, 0.6) is 0 Å². The van der Waals surface area contributed by atoms with Crippen LogP contribution in [-0.4, -0.2) is 37.5 Å². The molecule has 2 aromatic carbocycles. The summed E-state index contributed by atoms with van der Waals surface area (Å²) >= 11 is 0. The molecule has 0 bridgehead atoms. The maximum Gasteiger partial charge on any atom is 0.247 e. The van der Waals surface area contributed by atoms with E-state index in [0.717, 1.165) is 39.1 Å². The second-order valence-corrected chi connectivity index (χ2v) is 8.17. The van der Waals surface area contributed by atoms with Crippen molar-refractivity contribution >= 4 is 40.1 Å². The third-order valence-corrected chi connectivity index (χ3v) is 6.00. The van der Waals surface area contributed by atoms with Crippen LogP contribution in [0.3, 0.4) is 0 Å². The van der Waals surface area contributed by atoms with Gasteiger partial charge in [-0.15, -0.1) is 0 Å². The molecule has 1 amide bonds. The first-order valence-corrected chi connectivity index (χ1v) is 11.2. The van der Waals surface area contributed by atoms with E-state index in [2.05, 4.69) is 31.8 Å². The Morgan fingerprint density at radius 3 is 2.33 bits per heavy atom. The number of aryl methyl sites for hydroxylation is 1. The summed E-state index contributed by atoms with van der Waals surface area (Å²) in [6.07, 6.45) is 6.14. The fourth-order valence-corrected chi connectivity index (χ4v) is 4.23. The smallest absolute Gasteiger partial charge is 0.247 e. The minimum atomic E-state index is -0.262. The third kappa shape index (κ3) is 4.03. The molecule has 0 fully saturated rings. The maximum atomic E-state index is 11.7. The monoisotopic (exact) mass is 476 g/mol. The number of rotatable bonds is 6. The fourth-order valence-electron chi connectivity index (χ4n) is 4.23. The Kier molecular flexibility index (Phi) is 5.87. The average Bonchev–Trinajstić information content (AvgIpc) is 3.22. The van der Waals surface area contributed by atoms with E-state index in [-0.39, 0.29) is 5.91 Å². The molecule has 0 unspecified atom stereocenters. The summed E-state index contributed by atoms with van der Waals surface area (Å²) in [6, 6.07) is 17.5. The van der Waals surface area contributed by atoms with Crippen LogP contribution in [0.25, 0.3) is 33.4 Å². The lowest BCUT2D eigenvalue weighted by molar-refractivity contribution is -0.111. The van der Waals surface area contributed by atoms with Gasteiger partial charge in [0.2, 0.25) is 11.9 Å². The normalized spacial score (nSPS) is 10.8. The van der Waals surface area contributed by atoms with Crippen LogP contribution in [0.1, 0.15) is 0 Å². The number of hydrogen-bond acceptors (Lipinski definition) is 7. The highest BCUT2D eigenvalue weighted by Crippen LogP contribution is 2.42. The van der Waals surface area contributed by atoms with Crippen molar-refractivity contribution in [3.8, 4) is 22.4 Å². The standard InChI is InChI=1S/C27H24N8O/c1-4-21(36)33-19-10-6-18(7-11-19)24-22(23-25(28)31-16-32-26(23)35(24)3)17-8-12-20(13-9-17)34(2)27-29-14-5-15-30-27/h4-16H,1H2,2-3H3,(H,33,36)(H2,28,31,32). The SMILES string of the molecule is C=CC(=O)Nc1ccc(-c2c(-c3ccc(N(C)c4ncccn4)cc3)c3c(N)ncnc3n2C)cc1. The van der Waals surface area contributed by atoms with Crippen molar-refractivity contribution in [2.45, 2.75) is 0 Å². The minimum Gasteiger partial charge on any atom is -0.383 e. The van der Waals surface area contributed by atoms with Gasteiger partial charge in [-0.2, -0.15) is 0 Å². The number of nitrogens with two attached hydrogens (primary N) is 1. The van der Waals surface area contributed by atoms with E-state index in [1.165, 1.54) is 12.4 Å². The molecule has 3 aromatic heterocycles. The van der Waals surface area contributed by atoms with Crippen molar-refractivity contribution in [1.82, 2.24) is 24.5 Å².